The van der Waals surface area contributed by atoms with E-state index >= 15 is 0 Å². The highest BCUT2D eigenvalue weighted by Gasteiger charge is 2.48. The third kappa shape index (κ3) is 0.985. The number of pyridine rings is 1. The molecule has 1 fully saturated rings. The van der Waals surface area contributed by atoms with E-state index in [0.29, 0.717) is 0 Å². The smallest absolute Gasteiger partial charge is 0.116 e. The van der Waals surface area contributed by atoms with Crippen molar-refractivity contribution in [3.63, 3.8) is 0 Å². The van der Waals surface area contributed by atoms with Gasteiger partial charge in [0.05, 0.1) is 5.41 Å². The number of H-pyrrole nitrogens is 1. The Morgan fingerprint density at radius 2 is 1.93 bits per heavy atom. The van der Waals surface area contributed by atoms with Crippen LogP contribution >= 0.6 is 0 Å². The molecule has 0 atom stereocenters. The van der Waals surface area contributed by atoms with Crippen LogP contribution in [0.4, 0.5) is 0 Å². The van der Waals surface area contributed by atoms with Crippen molar-refractivity contribution in [1.82, 2.24) is 15.0 Å². The lowest BCUT2D eigenvalue weighted by molar-refractivity contribution is 0.772. The molecule has 3 heteroatoms. The van der Waals surface area contributed by atoms with Gasteiger partial charge in [0.25, 0.3) is 0 Å². The van der Waals surface area contributed by atoms with E-state index < -0.39 is 0 Å². The zero-order valence-corrected chi connectivity index (χ0v) is 7.77. The van der Waals surface area contributed by atoms with Gasteiger partial charge in [-0.3, -0.25) is 4.98 Å². The Morgan fingerprint density at radius 3 is 2.50 bits per heavy atom. The van der Waals surface area contributed by atoms with Gasteiger partial charge in [0.1, 0.15) is 5.82 Å². The number of nitrogens with zero attached hydrogens (tertiary/aromatic N) is 2. The lowest BCUT2D eigenvalue weighted by Crippen LogP contribution is -2.10. The summed E-state index contributed by atoms with van der Waals surface area (Å²) in [7, 11) is 0. The maximum absolute atomic E-state index is 4.35. The lowest BCUT2D eigenvalue weighted by Gasteiger charge is -2.11. The van der Waals surface area contributed by atoms with Crippen LogP contribution in [-0.4, -0.2) is 15.0 Å². The third-order valence-electron chi connectivity index (χ3n) is 2.93. The minimum absolute atomic E-state index is 0.159. The molecule has 0 bridgehead atoms. The van der Waals surface area contributed by atoms with Crippen molar-refractivity contribution in [3.05, 3.63) is 48.3 Å². The van der Waals surface area contributed by atoms with Crippen LogP contribution in [0, 0.1) is 0 Å². The number of aromatic amines is 1. The Morgan fingerprint density at radius 1 is 1.14 bits per heavy atom. The third-order valence-corrected chi connectivity index (χ3v) is 2.93. The molecule has 3 nitrogen and oxygen atoms in total. The largest absolute Gasteiger partial charge is 0.348 e. The molecular formula is C11H11N3. The number of nitrogens with one attached hydrogen (secondary N) is 1. The second-order valence-corrected chi connectivity index (χ2v) is 3.76. The number of hydrogen-bond acceptors (Lipinski definition) is 2. The van der Waals surface area contributed by atoms with E-state index in [9.17, 15) is 0 Å². The number of aromatic nitrogens is 3. The van der Waals surface area contributed by atoms with Gasteiger partial charge in [0, 0.05) is 24.8 Å². The summed E-state index contributed by atoms with van der Waals surface area (Å²) in [4.78, 5) is 11.6. The summed E-state index contributed by atoms with van der Waals surface area (Å²) in [6.07, 6.45) is 9.76. The summed E-state index contributed by atoms with van der Waals surface area (Å²) in [5.41, 5.74) is 1.48. The summed E-state index contributed by atoms with van der Waals surface area (Å²) in [6, 6.07) is 4.16. The van der Waals surface area contributed by atoms with Gasteiger partial charge < -0.3 is 4.98 Å². The van der Waals surface area contributed by atoms with E-state index in [2.05, 4.69) is 27.1 Å². The van der Waals surface area contributed by atoms with Gasteiger partial charge in [-0.25, -0.2) is 4.98 Å². The van der Waals surface area contributed by atoms with Crippen LogP contribution in [0.1, 0.15) is 24.2 Å². The van der Waals surface area contributed by atoms with Crippen molar-refractivity contribution in [2.75, 3.05) is 0 Å². The molecule has 2 aromatic rings. The van der Waals surface area contributed by atoms with E-state index in [1.165, 1.54) is 18.4 Å². The van der Waals surface area contributed by atoms with Crippen LogP contribution in [0.2, 0.25) is 0 Å². The number of rotatable bonds is 2. The topological polar surface area (TPSA) is 41.6 Å². The van der Waals surface area contributed by atoms with Crippen molar-refractivity contribution in [3.8, 4) is 0 Å². The Hall–Kier alpha value is -1.64. The van der Waals surface area contributed by atoms with Crippen LogP contribution in [0.25, 0.3) is 0 Å². The Kier molecular flexibility index (Phi) is 1.48. The number of hydrogen-bond donors (Lipinski definition) is 1. The van der Waals surface area contributed by atoms with Crippen LogP contribution in [0.15, 0.2) is 36.9 Å². The van der Waals surface area contributed by atoms with Crippen LogP contribution < -0.4 is 0 Å². The molecule has 0 unspecified atom stereocenters. The molecule has 3 rings (SSSR count). The van der Waals surface area contributed by atoms with E-state index in [4.69, 9.17) is 0 Å². The van der Waals surface area contributed by atoms with E-state index in [1.807, 2.05) is 24.8 Å². The van der Waals surface area contributed by atoms with Crippen molar-refractivity contribution >= 4 is 0 Å². The summed E-state index contributed by atoms with van der Waals surface area (Å²) >= 11 is 0. The van der Waals surface area contributed by atoms with Gasteiger partial charge in [-0.05, 0) is 30.5 Å². The molecule has 0 spiro atoms. The highest BCUT2D eigenvalue weighted by Crippen LogP contribution is 2.51. The van der Waals surface area contributed by atoms with Crippen LogP contribution in [-0.2, 0) is 5.41 Å². The summed E-state index contributed by atoms with van der Waals surface area (Å²) in [5.74, 6) is 1.09. The van der Waals surface area contributed by atoms with Crippen LogP contribution in [0.3, 0.4) is 0 Å². The first kappa shape index (κ1) is 7.74. The van der Waals surface area contributed by atoms with Crippen molar-refractivity contribution in [1.29, 1.82) is 0 Å². The van der Waals surface area contributed by atoms with E-state index in [-0.39, 0.29) is 5.41 Å². The fourth-order valence-corrected chi connectivity index (χ4v) is 1.99. The monoisotopic (exact) mass is 185 g/mol. The maximum atomic E-state index is 4.35. The molecule has 2 aromatic heterocycles. The predicted octanol–water partition coefficient (Wildman–Crippen LogP) is 1.88. The molecule has 14 heavy (non-hydrogen) atoms. The maximum Gasteiger partial charge on any atom is 0.116 e. The molecule has 0 radical (unpaired) electrons. The molecule has 1 aliphatic rings. The molecule has 0 amide bonds. The van der Waals surface area contributed by atoms with Crippen molar-refractivity contribution < 1.29 is 0 Å². The average Bonchev–Trinajstić information content (AvgIpc) is 2.88. The van der Waals surface area contributed by atoms with E-state index in [1.54, 1.807) is 0 Å². The highest BCUT2D eigenvalue weighted by molar-refractivity contribution is 5.37. The first-order valence-corrected chi connectivity index (χ1v) is 4.82. The Bertz CT molecular complexity index is 415. The minimum atomic E-state index is 0.159. The first-order chi connectivity index (χ1) is 6.92. The molecule has 0 aromatic carbocycles. The molecule has 0 saturated heterocycles. The standard InChI is InChI=1S/C11H11N3/c1-5-12-6-2-9(1)11(3-4-11)10-13-7-8-14-10/h1-2,5-8H,3-4H2,(H,13,14). The molecule has 1 N–H and O–H groups in total. The first-order valence-electron chi connectivity index (χ1n) is 4.82. The fraction of sp³-hybridized carbons (Fsp3) is 0.273. The SMILES string of the molecule is c1cc(C2(c3ncc[nH]3)CC2)ccn1. The second-order valence-electron chi connectivity index (χ2n) is 3.76. The van der Waals surface area contributed by atoms with Crippen molar-refractivity contribution in [2.24, 2.45) is 0 Å². The zero-order chi connectivity index (χ0) is 9.43. The van der Waals surface area contributed by atoms with Gasteiger partial charge in [-0.15, -0.1) is 0 Å². The summed E-state index contributed by atoms with van der Waals surface area (Å²) in [6.45, 7) is 0. The highest BCUT2D eigenvalue weighted by atomic mass is 14.9. The molecule has 1 saturated carbocycles. The Balaban J connectivity index is 2.07. The van der Waals surface area contributed by atoms with Gasteiger partial charge in [-0.1, -0.05) is 0 Å². The predicted molar refractivity (Wildman–Crippen MR) is 52.8 cm³/mol. The summed E-state index contributed by atoms with van der Waals surface area (Å²) < 4.78 is 0. The minimum Gasteiger partial charge on any atom is -0.348 e. The van der Waals surface area contributed by atoms with Gasteiger partial charge in [0.15, 0.2) is 0 Å². The number of imidazole rings is 1. The van der Waals surface area contributed by atoms with Crippen LogP contribution in [0.5, 0.6) is 0 Å². The van der Waals surface area contributed by atoms with E-state index in [0.717, 1.165) is 5.82 Å². The second kappa shape index (κ2) is 2.67. The average molecular weight is 185 g/mol. The molecule has 2 heterocycles. The van der Waals surface area contributed by atoms with Gasteiger partial charge in [0.2, 0.25) is 0 Å². The van der Waals surface area contributed by atoms with Crippen molar-refractivity contribution in [2.45, 2.75) is 18.3 Å². The Labute approximate surface area is 82.2 Å². The van der Waals surface area contributed by atoms with Gasteiger partial charge in [-0.2, -0.15) is 0 Å². The molecule has 0 aliphatic heterocycles. The molecule has 70 valence electrons. The molecule has 1 aliphatic carbocycles. The quantitative estimate of drug-likeness (QED) is 0.776. The summed E-state index contributed by atoms with van der Waals surface area (Å²) in [5, 5.41) is 0. The molecular weight excluding hydrogens is 174 g/mol. The zero-order valence-electron chi connectivity index (χ0n) is 7.77. The lowest BCUT2D eigenvalue weighted by atomic mass is 9.96. The van der Waals surface area contributed by atoms with Gasteiger partial charge >= 0.3 is 0 Å². The fourth-order valence-electron chi connectivity index (χ4n) is 1.99. The normalized spacial score (nSPS) is 18.0.